The normalized spacial score (nSPS) is 10.2. The van der Waals surface area contributed by atoms with Crippen LogP contribution in [0.4, 0.5) is 0 Å². The summed E-state index contributed by atoms with van der Waals surface area (Å²) in [5, 5.41) is 8.20. The zero-order chi connectivity index (χ0) is 9.26. The molecule has 2 rings (SSSR count). The molecule has 13 heavy (non-hydrogen) atoms. The largest absolute Gasteiger partial charge is 0.465 e. The van der Waals surface area contributed by atoms with Gasteiger partial charge in [0.05, 0.1) is 18.9 Å². The van der Waals surface area contributed by atoms with E-state index < -0.39 is 5.97 Å². The van der Waals surface area contributed by atoms with Gasteiger partial charge in [0.15, 0.2) is 5.65 Å². The van der Waals surface area contributed by atoms with Crippen molar-refractivity contribution in [2.24, 2.45) is 0 Å². The second kappa shape index (κ2) is 2.85. The predicted molar refractivity (Wildman–Crippen MR) is 45.2 cm³/mol. The van der Waals surface area contributed by atoms with E-state index in [-0.39, 0.29) is 0 Å². The predicted octanol–water partition coefficient (Wildman–Crippen LogP) is 0.744. The molecule has 0 unspecified atom stereocenters. The maximum absolute atomic E-state index is 11.2. The zero-order valence-electron chi connectivity index (χ0n) is 6.94. The number of hydrogen-bond donors (Lipinski definition) is 1. The van der Waals surface area contributed by atoms with Gasteiger partial charge in [0.25, 0.3) is 0 Å². The molecular formula is C8H7N3O2. The summed E-state index contributed by atoms with van der Waals surface area (Å²) in [6.45, 7) is 0. The van der Waals surface area contributed by atoms with Gasteiger partial charge < -0.3 is 9.72 Å². The lowest BCUT2D eigenvalue weighted by atomic mass is 10.2. The molecule has 0 amide bonds. The first-order chi connectivity index (χ1) is 6.33. The van der Waals surface area contributed by atoms with Gasteiger partial charge in [-0.05, 0) is 6.07 Å². The quantitative estimate of drug-likeness (QED) is 0.652. The number of H-pyrrole nitrogens is 1. The second-order valence-electron chi connectivity index (χ2n) is 2.49. The first-order valence-electron chi connectivity index (χ1n) is 3.70. The summed E-state index contributed by atoms with van der Waals surface area (Å²) in [5.74, 6) is -0.403. The Hall–Kier alpha value is -1.91. The van der Waals surface area contributed by atoms with E-state index in [1.807, 2.05) is 0 Å². The lowest BCUT2D eigenvalue weighted by Crippen LogP contribution is -2.03. The van der Waals surface area contributed by atoms with Crippen LogP contribution in [0.1, 0.15) is 10.4 Å². The molecule has 0 saturated carbocycles. The number of rotatable bonds is 1. The lowest BCUT2D eigenvalue weighted by molar-refractivity contribution is 0.0602. The molecule has 66 valence electrons. The Morgan fingerprint density at radius 2 is 2.46 bits per heavy atom. The van der Waals surface area contributed by atoms with Crippen LogP contribution in [0.15, 0.2) is 18.5 Å². The highest BCUT2D eigenvalue weighted by atomic mass is 16.5. The highest BCUT2D eigenvalue weighted by molar-refractivity contribution is 6.01. The van der Waals surface area contributed by atoms with Crippen molar-refractivity contribution in [1.82, 2.24) is 15.2 Å². The Morgan fingerprint density at radius 1 is 1.62 bits per heavy atom. The molecule has 0 aliphatic carbocycles. The van der Waals surface area contributed by atoms with Crippen molar-refractivity contribution in [2.45, 2.75) is 0 Å². The molecule has 0 aliphatic heterocycles. The third-order valence-corrected chi connectivity index (χ3v) is 1.77. The van der Waals surface area contributed by atoms with Crippen molar-refractivity contribution < 1.29 is 9.53 Å². The number of aromatic amines is 1. The van der Waals surface area contributed by atoms with Gasteiger partial charge >= 0.3 is 5.97 Å². The van der Waals surface area contributed by atoms with E-state index >= 15 is 0 Å². The molecule has 0 spiro atoms. The van der Waals surface area contributed by atoms with Crippen LogP contribution in [0.2, 0.25) is 0 Å². The average molecular weight is 177 g/mol. The summed E-state index contributed by atoms with van der Waals surface area (Å²) in [4.78, 5) is 14.1. The Kier molecular flexibility index (Phi) is 1.70. The molecule has 0 aliphatic rings. The average Bonchev–Trinajstić information content (AvgIpc) is 2.63. The van der Waals surface area contributed by atoms with Gasteiger partial charge in [-0.25, -0.2) is 4.79 Å². The molecule has 0 fully saturated rings. The number of carbonyl (C=O) groups is 1. The Bertz CT molecular complexity index is 449. The Labute approximate surface area is 73.7 Å². The highest BCUT2D eigenvalue weighted by Crippen LogP contribution is 2.14. The van der Waals surface area contributed by atoms with Crippen LogP contribution >= 0.6 is 0 Å². The van der Waals surface area contributed by atoms with E-state index in [2.05, 4.69) is 19.9 Å². The molecule has 2 aromatic heterocycles. The fraction of sp³-hybridized carbons (Fsp3) is 0.125. The van der Waals surface area contributed by atoms with E-state index in [1.54, 1.807) is 12.3 Å². The minimum absolute atomic E-state index is 0.403. The highest BCUT2D eigenvalue weighted by Gasteiger charge is 2.11. The van der Waals surface area contributed by atoms with Crippen LogP contribution in [0.5, 0.6) is 0 Å². The van der Waals surface area contributed by atoms with E-state index in [4.69, 9.17) is 0 Å². The number of nitrogens with zero attached hydrogens (tertiary/aromatic N) is 2. The maximum Gasteiger partial charge on any atom is 0.340 e. The molecule has 0 atom stereocenters. The summed E-state index contributed by atoms with van der Waals surface area (Å²) in [6.07, 6.45) is 3.09. The van der Waals surface area contributed by atoms with Crippen molar-refractivity contribution in [3.05, 3.63) is 24.0 Å². The molecule has 0 saturated heterocycles. The summed E-state index contributed by atoms with van der Waals surface area (Å²) in [7, 11) is 1.33. The molecule has 0 aromatic carbocycles. The maximum atomic E-state index is 11.2. The first-order valence-corrected chi connectivity index (χ1v) is 3.70. The van der Waals surface area contributed by atoms with Crippen LogP contribution in [0.3, 0.4) is 0 Å². The van der Waals surface area contributed by atoms with Crippen LogP contribution < -0.4 is 0 Å². The van der Waals surface area contributed by atoms with Crippen molar-refractivity contribution in [3.8, 4) is 0 Å². The van der Waals surface area contributed by atoms with E-state index in [0.29, 0.717) is 11.2 Å². The molecule has 0 radical (unpaired) electrons. The topological polar surface area (TPSA) is 67.9 Å². The fourth-order valence-corrected chi connectivity index (χ4v) is 1.15. The van der Waals surface area contributed by atoms with Gasteiger partial charge in [0.2, 0.25) is 0 Å². The molecule has 2 heterocycles. The number of fused-ring (bicyclic) bond motifs is 1. The summed E-state index contributed by atoms with van der Waals surface area (Å²) >= 11 is 0. The Balaban J connectivity index is 2.67. The lowest BCUT2D eigenvalue weighted by Gasteiger charge is -1.98. The van der Waals surface area contributed by atoms with Gasteiger partial charge in [-0.2, -0.15) is 5.10 Å². The van der Waals surface area contributed by atoms with E-state index in [9.17, 15) is 4.79 Å². The molecule has 2 aromatic rings. The second-order valence-corrected chi connectivity index (χ2v) is 2.49. The van der Waals surface area contributed by atoms with Gasteiger partial charge in [-0.3, -0.25) is 0 Å². The molecule has 5 nitrogen and oxygen atoms in total. The van der Waals surface area contributed by atoms with E-state index in [1.165, 1.54) is 13.3 Å². The summed E-state index contributed by atoms with van der Waals surface area (Å²) in [5.41, 5.74) is 1.01. The first kappa shape index (κ1) is 7.72. The van der Waals surface area contributed by atoms with Crippen LogP contribution in [0, 0.1) is 0 Å². The number of methoxy groups -OCH3 is 1. The molecule has 1 N–H and O–H groups in total. The number of hydrogen-bond acceptors (Lipinski definition) is 4. The standard InChI is InChI=1S/C8H7N3O2/c1-13-8(12)6-4-10-11-7-5(6)2-3-9-7/h2-4H,1H3,(H,9,11). The van der Waals surface area contributed by atoms with Gasteiger partial charge in [0, 0.05) is 11.6 Å². The van der Waals surface area contributed by atoms with Crippen molar-refractivity contribution in [2.75, 3.05) is 7.11 Å². The summed E-state index contributed by atoms with van der Waals surface area (Å²) < 4.78 is 4.59. The minimum atomic E-state index is -0.403. The Morgan fingerprint density at radius 3 is 3.23 bits per heavy atom. The van der Waals surface area contributed by atoms with Gasteiger partial charge in [-0.1, -0.05) is 0 Å². The number of aromatic nitrogens is 3. The molecule has 0 bridgehead atoms. The van der Waals surface area contributed by atoms with Crippen LogP contribution in [-0.4, -0.2) is 28.3 Å². The minimum Gasteiger partial charge on any atom is -0.465 e. The molecular weight excluding hydrogens is 170 g/mol. The van der Waals surface area contributed by atoms with Crippen molar-refractivity contribution >= 4 is 17.0 Å². The van der Waals surface area contributed by atoms with Crippen molar-refractivity contribution in [3.63, 3.8) is 0 Å². The third-order valence-electron chi connectivity index (χ3n) is 1.77. The van der Waals surface area contributed by atoms with Crippen molar-refractivity contribution in [1.29, 1.82) is 0 Å². The van der Waals surface area contributed by atoms with E-state index in [0.717, 1.165) is 5.39 Å². The summed E-state index contributed by atoms with van der Waals surface area (Å²) in [6, 6.07) is 1.76. The smallest absolute Gasteiger partial charge is 0.340 e. The van der Waals surface area contributed by atoms with Gasteiger partial charge in [0.1, 0.15) is 0 Å². The molecule has 5 heteroatoms. The third kappa shape index (κ3) is 1.14. The number of ether oxygens (including phenoxy) is 1. The zero-order valence-corrected chi connectivity index (χ0v) is 6.94. The number of nitrogens with one attached hydrogen (secondary N) is 1. The van der Waals surface area contributed by atoms with Crippen LogP contribution in [0.25, 0.3) is 11.0 Å². The SMILES string of the molecule is COC(=O)c1cnnc2[nH]ccc12. The fourth-order valence-electron chi connectivity index (χ4n) is 1.15. The number of esters is 1. The number of carbonyl (C=O) groups excluding carboxylic acids is 1. The van der Waals surface area contributed by atoms with Crippen LogP contribution in [-0.2, 0) is 4.74 Å². The van der Waals surface area contributed by atoms with Gasteiger partial charge in [-0.15, -0.1) is 5.10 Å². The monoisotopic (exact) mass is 177 g/mol.